The Morgan fingerprint density at radius 2 is 1.77 bits per heavy atom. The van der Waals surface area contributed by atoms with E-state index < -0.39 is 0 Å². The third-order valence-corrected chi connectivity index (χ3v) is 4.12. The molecule has 1 aliphatic heterocycles. The van der Waals surface area contributed by atoms with E-state index in [4.69, 9.17) is 0 Å². The second kappa shape index (κ2) is 8.37. The highest BCUT2D eigenvalue weighted by atomic mass is 16.2. The summed E-state index contributed by atoms with van der Waals surface area (Å²) in [5, 5.41) is 0. The number of amides is 1. The lowest BCUT2D eigenvalue weighted by atomic mass is 10.3. The fraction of sp³-hybridized carbons (Fsp3) is 0.389. The van der Waals surface area contributed by atoms with Crippen molar-refractivity contribution < 1.29 is 4.79 Å². The van der Waals surface area contributed by atoms with Crippen molar-refractivity contribution in [2.45, 2.75) is 6.42 Å². The fourth-order valence-corrected chi connectivity index (χ4v) is 2.71. The van der Waals surface area contributed by atoms with Gasteiger partial charge in [-0.05, 0) is 18.6 Å². The Hall–Kier alpha value is -3.03. The van der Waals surface area contributed by atoms with Crippen molar-refractivity contribution in [3.63, 3.8) is 0 Å². The van der Waals surface area contributed by atoms with Crippen LogP contribution in [0.5, 0.6) is 0 Å². The van der Waals surface area contributed by atoms with Gasteiger partial charge in [0.05, 0.1) is 0 Å². The summed E-state index contributed by atoms with van der Waals surface area (Å²) in [4.78, 5) is 35.4. The Balaban J connectivity index is 1.58. The Kier molecular flexibility index (Phi) is 5.73. The van der Waals surface area contributed by atoms with Crippen LogP contribution in [0.2, 0.25) is 0 Å². The molecular weight excluding hydrogens is 330 g/mol. The van der Waals surface area contributed by atoms with Gasteiger partial charge < -0.3 is 14.7 Å². The van der Waals surface area contributed by atoms with Crippen LogP contribution in [0.3, 0.4) is 0 Å². The van der Waals surface area contributed by atoms with Gasteiger partial charge in [0.1, 0.15) is 0 Å². The Morgan fingerprint density at radius 3 is 2.46 bits per heavy atom. The molecule has 2 aromatic rings. The van der Waals surface area contributed by atoms with Crippen molar-refractivity contribution in [3.05, 3.63) is 42.5 Å². The second-order valence-corrected chi connectivity index (χ2v) is 6.26. The third kappa shape index (κ3) is 4.53. The fourth-order valence-electron chi connectivity index (χ4n) is 2.71. The first-order valence-corrected chi connectivity index (χ1v) is 8.62. The number of hydrogen-bond acceptors (Lipinski definition) is 7. The molecule has 26 heavy (non-hydrogen) atoms. The van der Waals surface area contributed by atoms with Crippen LogP contribution in [0, 0.1) is 0 Å². The minimum atomic E-state index is -0.00230. The Morgan fingerprint density at radius 1 is 1.04 bits per heavy atom. The van der Waals surface area contributed by atoms with Gasteiger partial charge in [-0.2, -0.15) is 0 Å². The predicted molar refractivity (Wildman–Crippen MR) is 101 cm³/mol. The molecule has 0 saturated carbocycles. The number of carbonyl (C=O) groups is 1. The maximum atomic E-state index is 12.5. The van der Waals surface area contributed by atoms with Crippen LogP contribution in [-0.2, 0) is 4.79 Å². The number of carbonyl (C=O) groups excluding carboxylic acids is 1. The smallest absolute Gasteiger partial charge is 0.246 e. The summed E-state index contributed by atoms with van der Waals surface area (Å²) in [7, 11) is 3.77. The van der Waals surface area contributed by atoms with Crippen molar-refractivity contribution >= 4 is 23.9 Å². The molecule has 8 heteroatoms. The molecule has 0 aromatic carbocycles. The molecule has 3 heterocycles. The average Bonchev–Trinajstić information content (AvgIpc) is 2.93. The molecule has 0 aliphatic carbocycles. The predicted octanol–water partition coefficient (Wildman–Crippen LogP) is 1.08. The molecule has 0 radical (unpaired) electrons. The molecule has 0 spiro atoms. The van der Waals surface area contributed by atoms with E-state index in [9.17, 15) is 4.79 Å². The van der Waals surface area contributed by atoms with Crippen LogP contribution < -0.4 is 9.80 Å². The SMILES string of the molecule is CN(C)c1ncc(C=CC(=O)N2CCCN(c3ncccn3)CC2)cn1. The zero-order chi connectivity index (χ0) is 18.4. The maximum Gasteiger partial charge on any atom is 0.246 e. The standard InChI is InChI=1S/C18H23N7O/c1-23(2)17-21-13-15(14-22-17)5-6-16(26)24-9-4-10-25(12-11-24)18-19-7-3-8-20-18/h3,5-8,13-14H,4,9-12H2,1-2H3. The quantitative estimate of drug-likeness (QED) is 0.761. The van der Waals surface area contributed by atoms with E-state index >= 15 is 0 Å². The highest BCUT2D eigenvalue weighted by Crippen LogP contribution is 2.11. The molecular formula is C18H23N7O. The van der Waals surface area contributed by atoms with Crippen molar-refractivity contribution in [2.75, 3.05) is 50.1 Å². The van der Waals surface area contributed by atoms with E-state index in [0.29, 0.717) is 12.5 Å². The summed E-state index contributed by atoms with van der Waals surface area (Å²) in [5.41, 5.74) is 0.804. The molecule has 3 rings (SSSR count). The van der Waals surface area contributed by atoms with Gasteiger partial charge in [-0.25, -0.2) is 19.9 Å². The molecule has 1 saturated heterocycles. The first-order chi connectivity index (χ1) is 12.6. The maximum absolute atomic E-state index is 12.5. The van der Waals surface area contributed by atoms with Crippen LogP contribution in [0.1, 0.15) is 12.0 Å². The van der Waals surface area contributed by atoms with Crippen LogP contribution in [-0.4, -0.2) is 71.0 Å². The number of aromatic nitrogens is 4. The molecule has 136 valence electrons. The lowest BCUT2D eigenvalue weighted by molar-refractivity contribution is -0.125. The van der Waals surface area contributed by atoms with Crippen molar-refractivity contribution in [1.82, 2.24) is 24.8 Å². The number of rotatable bonds is 4. The molecule has 1 fully saturated rings. The topological polar surface area (TPSA) is 78.4 Å². The van der Waals surface area contributed by atoms with Crippen molar-refractivity contribution in [2.24, 2.45) is 0 Å². The molecule has 2 aromatic heterocycles. The molecule has 0 atom stereocenters. The van der Waals surface area contributed by atoms with E-state index in [-0.39, 0.29) is 5.91 Å². The molecule has 0 unspecified atom stereocenters. The van der Waals surface area contributed by atoms with Gasteiger partial charge in [0.15, 0.2) is 0 Å². The van der Waals surface area contributed by atoms with Gasteiger partial charge >= 0.3 is 0 Å². The molecule has 1 aliphatic rings. The van der Waals surface area contributed by atoms with Gasteiger partial charge in [0.2, 0.25) is 17.8 Å². The first-order valence-electron chi connectivity index (χ1n) is 8.62. The van der Waals surface area contributed by atoms with Gasteiger partial charge in [-0.1, -0.05) is 0 Å². The molecule has 0 bridgehead atoms. The second-order valence-electron chi connectivity index (χ2n) is 6.26. The minimum Gasteiger partial charge on any atom is -0.347 e. The Labute approximate surface area is 153 Å². The van der Waals surface area contributed by atoms with Gasteiger partial charge in [-0.15, -0.1) is 0 Å². The lowest BCUT2D eigenvalue weighted by Gasteiger charge is -2.21. The number of hydrogen-bond donors (Lipinski definition) is 0. The van der Waals surface area contributed by atoms with Gasteiger partial charge in [0, 0.05) is 76.7 Å². The van der Waals surface area contributed by atoms with E-state index in [0.717, 1.165) is 37.6 Å². The van der Waals surface area contributed by atoms with Crippen LogP contribution in [0.15, 0.2) is 36.9 Å². The largest absolute Gasteiger partial charge is 0.347 e. The van der Waals surface area contributed by atoms with Gasteiger partial charge in [0.25, 0.3) is 0 Å². The number of nitrogens with zero attached hydrogens (tertiary/aromatic N) is 7. The van der Waals surface area contributed by atoms with E-state index in [1.54, 1.807) is 43.0 Å². The van der Waals surface area contributed by atoms with Crippen LogP contribution in [0.25, 0.3) is 6.08 Å². The monoisotopic (exact) mass is 353 g/mol. The van der Waals surface area contributed by atoms with E-state index in [1.165, 1.54) is 0 Å². The first kappa shape index (κ1) is 17.8. The highest BCUT2D eigenvalue weighted by Gasteiger charge is 2.18. The summed E-state index contributed by atoms with van der Waals surface area (Å²) in [6.45, 7) is 2.95. The number of anilines is 2. The van der Waals surface area contributed by atoms with Crippen LogP contribution >= 0.6 is 0 Å². The average molecular weight is 353 g/mol. The summed E-state index contributed by atoms with van der Waals surface area (Å²) < 4.78 is 0. The molecule has 8 nitrogen and oxygen atoms in total. The summed E-state index contributed by atoms with van der Waals surface area (Å²) >= 11 is 0. The zero-order valence-corrected chi connectivity index (χ0v) is 15.1. The van der Waals surface area contributed by atoms with Crippen molar-refractivity contribution in [3.8, 4) is 0 Å². The van der Waals surface area contributed by atoms with E-state index in [1.807, 2.05) is 23.9 Å². The highest BCUT2D eigenvalue weighted by molar-refractivity contribution is 5.91. The Bertz CT molecular complexity index is 746. The third-order valence-electron chi connectivity index (χ3n) is 4.12. The summed E-state index contributed by atoms with van der Waals surface area (Å²) in [5.74, 6) is 1.36. The van der Waals surface area contributed by atoms with Crippen LogP contribution in [0.4, 0.5) is 11.9 Å². The molecule has 0 N–H and O–H groups in total. The summed E-state index contributed by atoms with van der Waals surface area (Å²) in [6.07, 6.45) is 11.1. The van der Waals surface area contributed by atoms with Crippen molar-refractivity contribution in [1.29, 1.82) is 0 Å². The lowest BCUT2D eigenvalue weighted by Crippen LogP contribution is -2.34. The van der Waals surface area contributed by atoms with E-state index in [2.05, 4.69) is 24.8 Å². The zero-order valence-electron chi connectivity index (χ0n) is 15.1. The summed E-state index contributed by atoms with van der Waals surface area (Å²) in [6, 6.07) is 1.80. The molecule has 1 amide bonds. The van der Waals surface area contributed by atoms with Gasteiger partial charge in [-0.3, -0.25) is 4.79 Å². The normalized spacial score (nSPS) is 15.2. The minimum absolute atomic E-state index is 0.00230.